The molecular formula is C11H13F2NO3S. The average Bonchev–Trinajstić information content (AvgIpc) is 2.23. The molecule has 0 spiro atoms. The second-order valence-corrected chi connectivity index (χ2v) is 6.39. The van der Waals surface area contributed by atoms with Crippen molar-refractivity contribution in [3.63, 3.8) is 0 Å². The third-order valence-corrected chi connectivity index (χ3v) is 4.84. The zero-order valence-electron chi connectivity index (χ0n) is 9.73. The minimum atomic E-state index is -3.94. The second-order valence-electron chi connectivity index (χ2n) is 4.46. The predicted octanol–water partition coefficient (Wildman–Crippen LogP) is 1.11. The minimum Gasteiger partial charge on any atom is -0.387 e. The molecule has 1 aliphatic rings. The van der Waals surface area contributed by atoms with E-state index in [2.05, 4.69) is 0 Å². The van der Waals surface area contributed by atoms with Gasteiger partial charge in [-0.1, -0.05) is 6.92 Å². The van der Waals surface area contributed by atoms with E-state index in [-0.39, 0.29) is 13.1 Å². The Labute approximate surface area is 104 Å². The molecule has 2 rings (SSSR count). The van der Waals surface area contributed by atoms with Crippen LogP contribution in [0.1, 0.15) is 13.3 Å². The van der Waals surface area contributed by atoms with Crippen molar-refractivity contribution in [2.24, 2.45) is 0 Å². The van der Waals surface area contributed by atoms with Crippen molar-refractivity contribution < 1.29 is 22.3 Å². The van der Waals surface area contributed by atoms with Gasteiger partial charge in [-0.2, -0.15) is 4.31 Å². The third-order valence-electron chi connectivity index (χ3n) is 3.07. The number of sulfonamides is 1. The first-order valence-electron chi connectivity index (χ1n) is 5.45. The smallest absolute Gasteiger partial charge is 0.243 e. The zero-order chi connectivity index (χ0) is 13.6. The summed E-state index contributed by atoms with van der Waals surface area (Å²) in [5, 5.41) is 9.75. The van der Waals surface area contributed by atoms with Crippen LogP contribution in [0.4, 0.5) is 8.78 Å². The number of rotatable bonds is 3. The van der Waals surface area contributed by atoms with Crippen LogP contribution in [0.25, 0.3) is 0 Å². The molecule has 100 valence electrons. The van der Waals surface area contributed by atoms with Gasteiger partial charge in [-0.25, -0.2) is 17.2 Å². The van der Waals surface area contributed by atoms with Crippen molar-refractivity contribution in [1.82, 2.24) is 4.31 Å². The SMILES string of the molecule is CCC1(O)CN(S(=O)(=O)c2cc(F)cc(F)c2)C1. The molecule has 0 unspecified atom stereocenters. The van der Waals surface area contributed by atoms with Crippen molar-refractivity contribution in [1.29, 1.82) is 0 Å². The van der Waals surface area contributed by atoms with Gasteiger partial charge in [-0.3, -0.25) is 0 Å². The van der Waals surface area contributed by atoms with E-state index in [9.17, 15) is 22.3 Å². The van der Waals surface area contributed by atoms with Crippen LogP contribution in [-0.2, 0) is 10.0 Å². The summed E-state index contributed by atoms with van der Waals surface area (Å²) in [6, 6.07) is 2.14. The number of hydrogen-bond donors (Lipinski definition) is 1. The molecule has 18 heavy (non-hydrogen) atoms. The standard InChI is InChI=1S/C11H13F2NO3S/c1-2-11(15)6-14(7-11)18(16,17)10-4-8(12)3-9(13)5-10/h3-5,15H,2,6-7H2,1H3. The molecular weight excluding hydrogens is 264 g/mol. The summed E-state index contributed by atoms with van der Waals surface area (Å²) in [4.78, 5) is -0.432. The Morgan fingerprint density at radius 3 is 2.22 bits per heavy atom. The van der Waals surface area contributed by atoms with E-state index in [0.717, 1.165) is 16.4 Å². The van der Waals surface area contributed by atoms with Crippen LogP contribution in [0.3, 0.4) is 0 Å². The summed E-state index contributed by atoms with van der Waals surface area (Å²) < 4.78 is 51.0. The van der Waals surface area contributed by atoms with Crippen LogP contribution in [-0.4, -0.2) is 36.5 Å². The molecule has 1 aliphatic heterocycles. The molecule has 4 nitrogen and oxygen atoms in total. The highest BCUT2D eigenvalue weighted by molar-refractivity contribution is 7.89. The van der Waals surface area contributed by atoms with Gasteiger partial charge in [-0.05, 0) is 18.6 Å². The van der Waals surface area contributed by atoms with E-state index in [1.165, 1.54) is 0 Å². The van der Waals surface area contributed by atoms with Gasteiger partial charge in [0.1, 0.15) is 11.6 Å². The Bertz CT molecular complexity index is 547. The fourth-order valence-electron chi connectivity index (χ4n) is 1.83. The maximum Gasteiger partial charge on any atom is 0.243 e. The Morgan fingerprint density at radius 2 is 1.78 bits per heavy atom. The Balaban J connectivity index is 2.28. The van der Waals surface area contributed by atoms with Crippen LogP contribution >= 0.6 is 0 Å². The van der Waals surface area contributed by atoms with Gasteiger partial charge in [0.2, 0.25) is 10.0 Å². The Morgan fingerprint density at radius 1 is 1.28 bits per heavy atom. The van der Waals surface area contributed by atoms with E-state index in [0.29, 0.717) is 12.5 Å². The molecule has 0 atom stereocenters. The van der Waals surface area contributed by atoms with Crippen molar-refractivity contribution in [3.8, 4) is 0 Å². The van der Waals surface area contributed by atoms with Crippen LogP contribution in [0, 0.1) is 11.6 Å². The number of halogens is 2. The molecule has 0 saturated carbocycles. The van der Waals surface area contributed by atoms with Gasteiger partial charge >= 0.3 is 0 Å². The molecule has 1 heterocycles. The molecule has 1 fully saturated rings. The van der Waals surface area contributed by atoms with Crippen molar-refractivity contribution >= 4 is 10.0 Å². The first kappa shape index (κ1) is 13.4. The van der Waals surface area contributed by atoms with E-state index in [1.807, 2.05) is 0 Å². The lowest BCUT2D eigenvalue weighted by atomic mass is 9.94. The van der Waals surface area contributed by atoms with Crippen LogP contribution in [0.2, 0.25) is 0 Å². The van der Waals surface area contributed by atoms with Crippen LogP contribution in [0.15, 0.2) is 23.1 Å². The third kappa shape index (κ3) is 2.25. The van der Waals surface area contributed by atoms with Crippen molar-refractivity contribution in [2.45, 2.75) is 23.8 Å². The van der Waals surface area contributed by atoms with E-state index in [1.54, 1.807) is 6.92 Å². The zero-order valence-corrected chi connectivity index (χ0v) is 10.5. The second kappa shape index (κ2) is 4.25. The first-order valence-corrected chi connectivity index (χ1v) is 6.89. The van der Waals surface area contributed by atoms with Crippen molar-refractivity contribution in [2.75, 3.05) is 13.1 Å². The monoisotopic (exact) mass is 277 g/mol. The summed E-state index contributed by atoms with van der Waals surface area (Å²) in [7, 11) is -3.94. The maximum atomic E-state index is 13.0. The van der Waals surface area contributed by atoms with E-state index >= 15 is 0 Å². The Kier molecular flexibility index (Phi) is 3.16. The Hall–Kier alpha value is -1.05. The normalized spacial score (nSPS) is 19.6. The molecule has 7 heteroatoms. The average molecular weight is 277 g/mol. The molecule has 1 aromatic rings. The van der Waals surface area contributed by atoms with E-state index in [4.69, 9.17) is 0 Å². The number of β-amino-alcohol motifs (C(OH)–C–C–N with tert-alkyl or cyclic N) is 1. The highest BCUT2D eigenvalue weighted by Gasteiger charge is 2.46. The largest absolute Gasteiger partial charge is 0.387 e. The number of benzene rings is 1. The summed E-state index contributed by atoms with van der Waals surface area (Å²) in [6.07, 6.45) is 0.427. The summed E-state index contributed by atoms with van der Waals surface area (Å²) in [5.74, 6) is -1.89. The molecule has 0 radical (unpaired) electrons. The fourth-order valence-corrected chi connectivity index (χ4v) is 3.47. The predicted molar refractivity (Wildman–Crippen MR) is 60.4 cm³/mol. The fraction of sp³-hybridized carbons (Fsp3) is 0.455. The lowest BCUT2D eigenvalue weighted by molar-refractivity contribution is -0.0613. The molecule has 0 aliphatic carbocycles. The van der Waals surface area contributed by atoms with Crippen LogP contribution < -0.4 is 0 Å². The molecule has 0 aromatic heterocycles. The summed E-state index contributed by atoms with van der Waals surface area (Å²) >= 11 is 0. The molecule has 1 aromatic carbocycles. The highest BCUT2D eigenvalue weighted by atomic mass is 32.2. The molecule has 1 saturated heterocycles. The summed E-state index contributed by atoms with van der Waals surface area (Å²) in [5.41, 5.74) is -1.03. The lowest BCUT2D eigenvalue weighted by Crippen LogP contribution is -2.62. The maximum absolute atomic E-state index is 13.0. The number of nitrogens with zero attached hydrogens (tertiary/aromatic N) is 1. The van der Waals surface area contributed by atoms with Crippen molar-refractivity contribution in [3.05, 3.63) is 29.8 Å². The van der Waals surface area contributed by atoms with Gasteiger partial charge in [0.15, 0.2) is 0 Å². The number of hydrogen-bond acceptors (Lipinski definition) is 3. The van der Waals surface area contributed by atoms with Gasteiger partial charge in [0.05, 0.1) is 10.5 Å². The van der Waals surface area contributed by atoms with E-state index < -0.39 is 32.2 Å². The summed E-state index contributed by atoms with van der Waals surface area (Å²) in [6.45, 7) is 1.64. The van der Waals surface area contributed by atoms with Gasteiger partial charge in [-0.15, -0.1) is 0 Å². The topological polar surface area (TPSA) is 57.6 Å². The van der Waals surface area contributed by atoms with Gasteiger partial charge in [0, 0.05) is 19.2 Å². The quantitative estimate of drug-likeness (QED) is 0.900. The van der Waals surface area contributed by atoms with Crippen LogP contribution in [0.5, 0.6) is 0 Å². The molecule has 0 bridgehead atoms. The van der Waals surface area contributed by atoms with Gasteiger partial charge < -0.3 is 5.11 Å². The first-order chi connectivity index (χ1) is 8.27. The number of aliphatic hydroxyl groups is 1. The minimum absolute atomic E-state index is 0.0516. The molecule has 1 N–H and O–H groups in total. The highest BCUT2D eigenvalue weighted by Crippen LogP contribution is 2.30. The lowest BCUT2D eigenvalue weighted by Gasteiger charge is -2.44. The molecule has 0 amide bonds. The van der Waals surface area contributed by atoms with Gasteiger partial charge in [0.25, 0.3) is 0 Å².